The molecular weight excluding hydrogens is 352 g/mol. The van der Waals surface area contributed by atoms with Crippen molar-refractivity contribution in [2.75, 3.05) is 0 Å². The molecule has 0 aliphatic carbocycles. The summed E-state index contributed by atoms with van der Waals surface area (Å²) in [7, 11) is 0. The lowest BCUT2D eigenvalue weighted by molar-refractivity contribution is 0.880. The van der Waals surface area contributed by atoms with Gasteiger partial charge in [-0.3, -0.25) is 0 Å². The molecule has 0 unspecified atom stereocenters. The molecule has 0 aliphatic heterocycles. The number of aryl methyl sites for hydroxylation is 2. The predicted molar refractivity (Wildman–Crippen MR) is 110 cm³/mol. The maximum Gasteiger partial charge on any atom is 0.119 e. The van der Waals surface area contributed by atoms with Crippen molar-refractivity contribution in [2.24, 2.45) is 0 Å². The first-order valence-corrected chi connectivity index (χ1v) is 9.81. The number of rotatable bonds is 5. The monoisotopic (exact) mass is 372 g/mol. The zero-order valence-electron chi connectivity index (χ0n) is 15.3. The van der Waals surface area contributed by atoms with Gasteiger partial charge in [0.2, 0.25) is 0 Å². The lowest BCUT2D eigenvalue weighted by Gasteiger charge is -2.07. The predicted octanol–water partition coefficient (Wildman–Crippen LogP) is 5.24. The fourth-order valence-corrected chi connectivity index (χ4v) is 3.74. The minimum atomic E-state index is 0.873. The van der Waals surface area contributed by atoms with E-state index < -0.39 is 0 Å². The van der Waals surface area contributed by atoms with Crippen molar-refractivity contribution in [3.63, 3.8) is 0 Å². The van der Waals surface area contributed by atoms with E-state index in [9.17, 15) is 0 Å². The van der Waals surface area contributed by atoms with Crippen LogP contribution >= 0.6 is 11.8 Å². The van der Waals surface area contributed by atoms with Crippen molar-refractivity contribution in [1.82, 2.24) is 20.0 Å². The van der Waals surface area contributed by atoms with E-state index in [0.717, 1.165) is 27.7 Å². The summed E-state index contributed by atoms with van der Waals surface area (Å²) in [5, 5.41) is 14.0. The fraction of sp³-hybridized carbons (Fsp3) is 0.136. The van der Waals surface area contributed by atoms with E-state index in [-0.39, 0.29) is 0 Å². The third kappa shape index (κ3) is 4.09. The van der Waals surface area contributed by atoms with Gasteiger partial charge in [-0.2, -0.15) is 5.10 Å². The van der Waals surface area contributed by atoms with Crippen molar-refractivity contribution < 1.29 is 0 Å². The largest absolute Gasteiger partial charge is 0.241 e. The number of hydrogen-bond donors (Lipinski definition) is 0. The highest BCUT2D eigenvalue weighted by Crippen LogP contribution is 2.25. The molecule has 0 fully saturated rings. The van der Waals surface area contributed by atoms with Crippen LogP contribution in [0.3, 0.4) is 0 Å². The molecule has 2 aromatic carbocycles. The standard InChI is InChI=1S/C22H20N4S/c1-16-4-5-17(2)19(14-16)15-27-22-11-10-21(24-25-22)18-6-8-20(9-7-18)26-13-3-12-23-26/h3-14H,15H2,1-2H3. The van der Waals surface area contributed by atoms with Gasteiger partial charge in [0.05, 0.1) is 11.4 Å². The molecule has 2 aromatic heterocycles. The van der Waals surface area contributed by atoms with Crippen molar-refractivity contribution in [1.29, 1.82) is 0 Å². The molecule has 2 heterocycles. The topological polar surface area (TPSA) is 43.6 Å². The number of thioether (sulfide) groups is 1. The van der Waals surface area contributed by atoms with Crippen molar-refractivity contribution in [3.8, 4) is 16.9 Å². The molecule has 27 heavy (non-hydrogen) atoms. The van der Waals surface area contributed by atoms with E-state index in [2.05, 4.69) is 47.3 Å². The summed E-state index contributed by atoms with van der Waals surface area (Å²) < 4.78 is 1.84. The summed E-state index contributed by atoms with van der Waals surface area (Å²) in [6.07, 6.45) is 3.70. The molecule has 134 valence electrons. The van der Waals surface area contributed by atoms with Crippen LogP contribution in [-0.4, -0.2) is 20.0 Å². The average Bonchev–Trinajstić information content (AvgIpc) is 3.24. The van der Waals surface area contributed by atoms with Crippen LogP contribution < -0.4 is 0 Å². The summed E-state index contributed by atoms with van der Waals surface area (Å²) in [5.74, 6) is 0.903. The van der Waals surface area contributed by atoms with Crippen molar-refractivity contribution in [3.05, 3.63) is 89.7 Å². The molecule has 0 saturated heterocycles. The molecule has 0 radical (unpaired) electrons. The van der Waals surface area contributed by atoms with Gasteiger partial charge in [0.15, 0.2) is 0 Å². The van der Waals surface area contributed by atoms with E-state index in [0.29, 0.717) is 0 Å². The Morgan fingerprint density at radius 3 is 2.48 bits per heavy atom. The van der Waals surface area contributed by atoms with E-state index in [1.165, 1.54) is 16.7 Å². The second kappa shape index (κ2) is 7.76. The van der Waals surface area contributed by atoms with Crippen LogP contribution in [0.5, 0.6) is 0 Å². The minimum absolute atomic E-state index is 0.873. The third-order valence-corrected chi connectivity index (χ3v) is 5.42. The normalized spacial score (nSPS) is 10.9. The molecule has 0 saturated carbocycles. The second-order valence-corrected chi connectivity index (χ2v) is 7.47. The van der Waals surface area contributed by atoms with Crippen molar-refractivity contribution in [2.45, 2.75) is 24.6 Å². The van der Waals surface area contributed by atoms with Crippen LogP contribution in [-0.2, 0) is 5.75 Å². The van der Waals surface area contributed by atoms with Crippen LogP contribution in [0, 0.1) is 13.8 Å². The van der Waals surface area contributed by atoms with E-state index in [1.54, 1.807) is 18.0 Å². The first-order chi connectivity index (χ1) is 13.2. The lowest BCUT2D eigenvalue weighted by atomic mass is 10.1. The molecule has 0 aliphatic rings. The maximum absolute atomic E-state index is 4.40. The fourth-order valence-electron chi connectivity index (χ4n) is 2.86. The lowest BCUT2D eigenvalue weighted by Crippen LogP contribution is -1.94. The second-order valence-electron chi connectivity index (χ2n) is 6.47. The van der Waals surface area contributed by atoms with Crippen LogP contribution in [0.15, 0.2) is 78.1 Å². The van der Waals surface area contributed by atoms with Gasteiger partial charge in [0.1, 0.15) is 5.03 Å². The summed E-state index contributed by atoms with van der Waals surface area (Å²) >= 11 is 1.72. The molecule has 5 heteroatoms. The Kier molecular flexibility index (Phi) is 5.03. The van der Waals surface area contributed by atoms with Gasteiger partial charge < -0.3 is 0 Å². The number of hydrogen-bond acceptors (Lipinski definition) is 4. The molecule has 4 aromatic rings. The Morgan fingerprint density at radius 1 is 0.926 bits per heavy atom. The van der Waals surface area contributed by atoms with Gasteiger partial charge in [0, 0.05) is 23.7 Å². The molecule has 4 rings (SSSR count). The van der Waals surface area contributed by atoms with Crippen LogP contribution in [0.2, 0.25) is 0 Å². The average molecular weight is 372 g/mol. The maximum atomic E-state index is 4.40. The molecule has 0 N–H and O–H groups in total. The third-order valence-electron chi connectivity index (χ3n) is 4.45. The van der Waals surface area contributed by atoms with Gasteiger partial charge in [-0.05, 0) is 55.3 Å². The Morgan fingerprint density at radius 2 is 1.78 bits per heavy atom. The Balaban J connectivity index is 1.45. The zero-order chi connectivity index (χ0) is 18.6. The number of aromatic nitrogens is 4. The van der Waals surface area contributed by atoms with Gasteiger partial charge in [-0.15, -0.1) is 10.2 Å². The zero-order valence-corrected chi connectivity index (χ0v) is 16.1. The molecule has 0 spiro atoms. The summed E-state index contributed by atoms with van der Waals surface area (Å²) in [6.45, 7) is 4.27. The highest BCUT2D eigenvalue weighted by Gasteiger charge is 2.05. The van der Waals surface area contributed by atoms with Gasteiger partial charge in [-0.1, -0.05) is 47.7 Å². The van der Waals surface area contributed by atoms with Crippen molar-refractivity contribution >= 4 is 11.8 Å². The van der Waals surface area contributed by atoms with E-state index in [4.69, 9.17) is 0 Å². The highest BCUT2D eigenvalue weighted by molar-refractivity contribution is 7.98. The summed E-state index contributed by atoms with van der Waals surface area (Å²) in [5.41, 5.74) is 6.89. The first-order valence-electron chi connectivity index (χ1n) is 8.82. The molecule has 0 amide bonds. The van der Waals surface area contributed by atoms with Crippen LogP contribution in [0.1, 0.15) is 16.7 Å². The Bertz CT molecular complexity index is 1020. The highest BCUT2D eigenvalue weighted by atomic mass is 32.2. The van der Waals surface area contributed by atoms with E-state index in [1.807, 2.05) is 53.3 Å². The Hall–Kier alpha value is -2.92. The quantitative estimate of drug-likeness (QED) is 0.450. The number of nitrogens with zero attached hydrogens (tertiary/aromatic N) is 4. The summed E-state index contributed by atoms with van der Waals surface area (Å²) in [4.78, 5) is 0. The van der Waals surface area contributed by atoms with E-state index >= 15 is 0 Å². The molecule has 0 atom stereocenters. The van der Waals surface area contributed by atoms with Gasteiger partial charge >= 0.3 is 0 Å². The van der Waals surface area contributed by atoms with Gasteiger partial charge in [-0.25, -0.2) is 4.68 Å². The molecule has 0 bridgehead atoms. The smallest absolute Gasteiger partial charge is 0.119 e. The SMILES string of the molecule is Cc1ccc(C)c(CSc2ccc(-c3ccc(-n4cccn4)cc3)nn2)c1. The van der Waals surface area contributed by atoms with Crippen LogP contribution in [0.25, 0.3) is 16.9 Å². The van der Waals surface area contributed by atoms with Gasteiger partial charge in [0.25, 0.3) is 0 Å². The number of benzene rings is 2. The summed E-state index contributed by atoms with van der Waals surface area (Å²) in [6, 6.07) is 20.7. The first kappa shape index (κ1) is 17.5. The Labute approximate surface area is 163 Å². The minimum Gasteiger partial charge on any atom is -0.241 e. The molecule has 4 nitrogen and oxygen atoms in total. The van der Waals surface area contributed by atoms with Crippen LogP contribution in [0.4, 0.5) is 0 Å². The molecular formula is C22H20N4S.